The Bertz CT molecular complexity index is 591. The van der Waals surface area contributed by atoms with Crippen LogP contribution in [0.15, 0.2) is 29.6 Å². The lowest BCUT2D eigenvalue weighted by atomic mass is 9.41. The maximum Gasteiger partial charge on any atom is 0.215 e. The van der Waals surface area contributed by atoms with E-state index in [-0.39, 0.29) is 0 Å². The summed E-state index contributed by atoms with van der Waals surface area (Å²) < 4.78 is 0. The van der Waals surface area contributed by atoms with Crippen molar-refractivity contribution < 1.29 is 0 Å². The minimum atomic E-state index is 0.469. The standard InChI is InChI=1S/C14H17BN2S/c1-15-10-8-9-18-14(10)17(4)12-7-5-6-11(13(12)15)16(2)3/h5-9H,1-4H3. The fraction of sp³-hybridized carbons (Fsp3) is 0.286. The molecule has 18 heavy (non-hydrogen) atoms. The van der Waals surface area contributed by atoms with Crippen LogP contribution in [0.2, 0.25) is 6.82 Å². The molecule has 1 aromatic carbocycles. The van der Waals surface area contributed by atoms with Crippen molar-refractivity contribution in [1.29, 1.82) is 0 Å². The Morgan fingerprint density at radius 3 is 2.72 bits per heavy atom. The maximum atomic E-state index is 2.32. The molecule has 0 N–H and O–H groups in total. The fourth-order valence-corrected chi connectivity index (χ4v) is 3.83. The van der Waals surface area contributed by atoms with Gasteiger partial charge in [-0.05, 0) is 28.4 Å². The molecule has 0 fully saturated rings. The summed E-state index contributed by atoms with van der Waals surface area (Å²) in [5.74, 6) is 0. The molecule has 0 unspecified atom stereocenters. The zero-order chi connectivity index (χ0) is 12.9. The van der Waals surface area contributed by atoms with Crippen LogP contribution in [0.25, 0.3) is 0 Å². The Labute approximate surface area is 113 Å². The Kier molecular flexibility index (Phi) is 2.63. The van der Waals surface area contributed by atoms with E-state index >= 15 is 0 Å². The zero-order valence-electron chi connectivity index (χ0n) is 11.3. The molecule has 0 spiro atoms. The highest BCUT2D eigenvalue weighted by Gasteiger charge is 2.31. The molecule has 2 nitrogen and oxygen atoms in total. The first-order valence-electron chi connectivity index (χ1n) is 6.22. The van der Waals surface area contributed by atoms with Gasteiger partial charge in [0.25, 0.3) is 0 Å². The highest BCUT2D eigenvalue weighted by Crippen LogP contribution is 2.32. The Morgan fingerprint density at radius 2 is 2.00 bits per heavy atom. The Hall–Kier alpha value is -1.42. The number of anilines is 3. The summed E-state index contributed by atoms with van der Waals surface area (Å²) in [7, 11) is 6.40. The van der Waals surface area contributed by atoms with Crippen molar-refractivity contribution in [2.24, 2.45) is 0 Å². The van der Waals surface area contributed by atoms with Crippen LogP contribution in [0, 0.1) is 0 Å². The third-order valence-electron chi connectivity index (χ3n) is 3.78. The summed E-state index contributed by atoms with van der Waals surface area (Å²) in [4.78, 5) is 4.53. The third kappa shape index (κ3) is 1.48. The predicted molar refractivity (Wildman–Crippen MR) is 84.0 cm³/mol. The molecule has 1 aliphatic rings. The summed E-state index contributed by atoms with van der Waals surface area (Å²) in [6.45, 7) is 2.78. The van der Waals surface area contributed by atoms with Crippen LogP contribution in [-0.4, -0.2) is 27.9 Å². The van der Waals surface area contributed by atoms with Crippen molar-refractivity contribution in [2.45, 2.75) is 6.82 Å². The molecule has 0 saturated heterocycles. The van der Waals surface area contributed by atoms with Gasteiger partial charge >= 0.3 is 0 Å². The molecule has 1 aromatic heterocycles. The quantitative estimate of drug-likeness (QED) is 0.721. The molecule has 0 aliphatic carbocycles. The van der Waals surface area contributed by atoms with Gasteiger partial charge in [0.05, 0.1) is 5.00 Å². The molecule has 2 heterocycles. The molecule has 0 bridgehead atoms. The van der Waals surface area contributed by atoms with Gasteiger partial charge < -0.3 is 9.80 Å². The first-order chi connectivity index (χ1) is 8.61. The van der Waals surface area contributed by atoms with E-state index in [4.69, 9.17) is 0 Å². The molecule has 0 amide bonds. The third-order valence-corrected chi connectivity index (χ3v) is 4.79. The van der Waals surface area contributed by atoms with Crippen molar-refractivity contribution in [3.63, 3.8) is 0 Å². The first-order valence-corrected chi connectivity index (χ1v) is 7.10. The minimum absolute atomic E-state index is 0.469. The van der Waals surface area contributed by atoms with Gasteiger partial charge in [-0.3, -0.25) is 0 Å². The highest BCUT2D eigenvalue weighted by molar-refractivity contribution is 7.17. The molecule has 1 aliphatic heterocycles. The van der Waals surface area contributed by atoms with Gasteiger partial charge in [-0.2, -0.15) is 0 Å². The van der Waals surface area contributed by atoms with E-state index in [0.29, 0.717) is 6.71 Å². The Morgan fingerprint density at radius 1 is 1.22 bits per heavy atom. The predicted octanol–water partition coefficient (Wildman–Crippen LogP) is 2.13. The lowest BCUT2D eigenvalue weighted by molar-refractivity contribution is 1.13. The summed E-state index contributed by atoms with van der Waals surface area (Å²) in [5.41, 5.74) is 5.55. The number of thiophene rings is 1. The zero-order valence-corrected chi connectivity index (χ0v) is 12.1. The van der Waals surface area contributed by atoms with Crippen molar-refractivity contribution in [2.75, 3.05) is 30.9 Å². The molecule has 92 valence electrons. The number of fused-ring (bicyclic) bond motifs is 2. The van der Waals surface area contributed by atoms with E-state index < -0.39 is 0 Å². The van der Waals surface area contributed by atoms with Crippen LogP contribution in [0.4, 0.5) is 16.4 Å². The highest BCUT2D eigenvalue weighted by atomic mass is 32.1. The van der Waals surface area contributed by atoms with Gasteiger partial charge in [0.2, 0.25) is 6.71 Å². The molecular weight excluding hydrogens is 239 g/mol. The van der Waals surface area contributed by atoms with Gasteiger partial charge in [-0.15, -0.1) is 11.3 Å². The molecule has 4 heteroatoms. The van der Waals surface area contributed by atoms with Crippen molar-refractivity contribution >= 4 is 45.4 Å². The summed E-state index contributed by atoms with van der Waals surface area (Å²) in [5, 5.41) is 3.57. The molecule has 0 atom stereocenters. The largest absolute Gasteiger partial charge is 0.378 e. The van der Waals surface area contributed by atoms with E-state index in [0.717, 1.165) is 0 Å². The number of benzene rings is 1. The summed E-state index contributed by atoms with van der Waals surface area (Å²) in [6.07, 6.45) is 0. The second kappa shape index (κ2) is 4.06. The summed E-state index contributed by atoms with van der Waals surface area (Å²) >= 11 is 1.83. The van der Waals surface area contributed by atoms with Crippen molar-refractivity contribution in [3.05, 3.63) is 29.6 Å². The average Bonchev–Trinajstić information content (AvgIpc) is 2.84. The fourth-order valence-electron chi connectivity index (χ4n) is 2.85. The molecule has 0 radical (unpaired) electrons. The van der Waals surface area contributed by atoms with Crippen molar-refractivity contribution in [3.8, 4) is 0 Å². The van der Waals surface area contributed by atoms with E-state index in [2.05, 4.69) is 67.4 Å². The lowest BCUT2D eigenvalue weighted by Gasteiger charge is -2.33. The van der Waals surface area contributed by atoms with Crippen LogP contribution < -0.4 is 20.7 Å². The van der Waals surface area contributed by atoms with Gasteiger partial charge in [0.1, 0.15) is 0 Å². The second-order valence-corrected chi connectivity index (χ2v) is 5.96. The van der Waals surface area contributed by atoms with Gasteiger partial charge in [-0.25, -0.2) is 0 Å². The SMILES string of the molecule is CB1c2ccsc2N(C)c2cccc(N(C)C)c21. The average molecular weight is 256 g/mol. The maximum absolute atomic E-state index is 2.32. The van der Waals surface area contributed by atoms with Crippen LogP contribution >= 0.6 is 11.3 Å². The van der Waals surface area contributed by atoms with Crippen LogP contribution in [0.5, 0.6) is 0 Å². The van der Waals surface area contributed by atoms with Crippen LogP contribution in [0.1, 0.15) is 0 Å². The van der Waals surface area contributed by atoms with Crippen molar-refractivity contribution in [1.82, 2.24) is 0 Å². The number of hydrogen-bond acceptors (Lipinski definition) is 3. The Balaban J connectivity index is 2.26. The number of nitrogens with zero attached hydrogens (tertiary/aromatic N) is 2. The second-order valence-electron chi connectivity index (χ2n) is 5.07. The topological polar surface area (TPSA) is 6.48 Å². The summed E-state index contributed by atoms with van der Waals surface area (Å²) in [6, 6.07) is 8.84. The van der Waals surface area contributed by atoms with Gasteiger partial charge in [0.15, 0.2) is 0 Å². The number of hydrogen-bond donors (Lipinski definition) is 0. The van der Waals surface area contributed by atoms with E-state index in [9.17, 15) is 0 Å². The van der Waals surface area contributed by atoms with Gasteiger partial charge in [0, 0.05) is 32.5 Å². The molecule has 3 rings (SSSR count). The number of rotatable bonds is 1. The smallest absolute Gasteiger partial charge is 0.215 e. The lowest BCUT2D eigenvalue weighted by Crippen LogP contribution is -2.48. The van der Waals surface area contributed by atoms with E-state index in [1.54, 1.807) is 0 Å². The first kappa shape index (κ1) is 11.7. The van der Waals surface area contributed by atoms with E-state index in [1.165, 1.54) is 27.3 Å². The molecule has 2 aromatic rings. The van der Waals surface area contributed by atoms with Crippen LogP contribution in [0.3, 0.4) is 0 Å². The van der Waals surface area contributed by atoms with E-state index in [1.807, 2.05) is 11.3 Å². The minimum Gasteiger partial charge on any atom is -0.378 e. The monoisotopic (exact) mass is 256 g/mol. The van der Waals surface area contributed by atoms with Gasteiger partial charge in [-0.1, -0.05) is 19.0 Å². The normalized spacial score (nSPS) is 13.3. The van der Waals surface area contributed by atoms with Crippen LogP contribution in [-0.2, 0) is 0 Å². The molecule has 0 saturated carbocycles. The molecular formula is C14H17BN2S.